The summed E-state index contributed by atoms with van der Waals surface area (Å²) in [4.78, 5) is 22.3. The monoisotopic (exact) mass is 305 g/mol. The average molecular weight is 306 g/mol. The molecule has 0 saturated carbocycles. The van der Waals surface area contributed by atoms with E-state index < -0.39 is 17.0 Å². The highest BCUT2D eigenvalue weighted by Crippen LogP contribution is 2.24. The summed E-state index contributed by atoms with van der Waals surface area (Å²) in [6.07, 6.45) is -0.617. The molecule has 0 radical (unpaired) electrons. The average Bonchev–Trinajstić information content (AvgIpc) is 2.47. The Morgan fingerprint density at radius 3 is 2.62 bits per heavy atom. The van der Waals surface area contributed by atoms with Gasteiger partial charge in [-0.2, -0.15) is 0 Å². The molecule has 108 valence electrons. The number of non-ortho nitro benzene ring substituents is 1. The number of carbonyl (C=O) groups excluding carboxylic acids is 1. The van der Waals surface area contributed by atoms with Crippen LogP contribution in [-0.2, 0) is 4.74 Å². The Kier molecular flexibility index (Phi) is 4.55. The Hall–Kier alpha value is -2.40. The first kappa shape index (κ1) is 15.0. The molecule has 0 amide bonds. The number of carbonyl (C=O) groups is 1. The maximum absolute atomic E-state index is 12.0. The lowest BCUT2D eigenvalue weighted by atomic mass is 10.1. The van der Waals surface area contributed by atoms with Crippen LogP contribution >= 0.6 is 11.6 Å². The van der Waals surface area contributed by atoms with E-state index in [-0.39, 0.29) is 11.3 Å². The van der Waals surface area contributed by atoms with Gasteiger partial charge in [-0.15, -0.1) is 0 Å². The highest BCUT2D eigenvalue weighted by molar-refractivity contribution is 6.33. The van der Waals surface area contributed by atoms with E-state index in [0.29, 0.717) is 10.6 Å². The molecule has 0 heterocycles. The van der Waals surface area contributed by atoms with Gasteiger partial charge in [-0.1, -0.05) is 35.9 Å². The van der Waals surface area contributed by atoms with Crippen molar-refractivity contribution >= 4 is 23.3 Å². The van der Waals surface area contributed by atoms with Crippen molar-refractivity contribution in [2.24, 2.45) is 0 Å². The second-order valence-corrected chi connectivity index (χ2v) is 4.79. The van der Waals surface area contributed by atoms with E-state index >= 15 is 0 Å². The van der Waals surface area contributed by atoms with Gasteiger partial charge in [0, 0.05) is 12.1 Å². The van der Waals surface area contributed by atoms with Crippen LogP contribution in [0, 0.1) is 10.1 Å². The Morgan fingerprint density at radius 2 is 1.95 bits per heavy atom. The van der Waals surface area contributed by atoms with Crippen molar-refractivity contribution in [2.45, 2.75) is 13.0 Å². The van der Waals surface area contributed by atoms with E-state index in [1.54, 1.807) is 43.3 Å². The number of nitro groups is 1. The van der Waals surface area contributed by atoms with Gasteiger partial charge in [-0.3, -0.25) is 10.1 Å². The molecule has 1 unspecified atom stereocenters. The van der Waals surface area contributed by atoms with Gasteiger partial charge in [-0.05, 0) is 24.6 Å². The highest BCUT2D eigenvalue weighted by atomic mass is 35.5. The molecule has 0 aliphatic heterocycles. The molecule has 2 rings (SSSR count). The van der Waals surface area contributed by atoms with Crippen molar-refractivity contribution in [1.82, 2.24) is 0 Å². The second-order valence-electron chi connectivity index (χ2n) is 4.38. The molecular formula is C15H12ClNO4. The number of benzene rings is 2. The molecule has 0 N–H and O–H groups in total. The standard InChI is InChI=1S/C15H12ClNO4/c1-10(11-5-4-6-12(9-11)17(19)20)21-15(18)13-7-2-3-8-14(13)16/h2-10H,1H3. The van der Waals surface area contributed by atoms with Crippen LogP contribution in [0.25, 0.3) is 0 Å². The largest absolute Gasteiger partial charge is 0.454 e. The van der Waals surface area contributed by atoms with Gasteiger partial charge in [0.1, 0.15) is 6.10 Å². The van der Waals surface area contributed by atoms with Crippen LogP contribution in [0.2, 0.25) is 5.02 Å². The summed E-state index contributed by atoms with van der Waals surface area (Å²) in [6, 6.07) is 12.5. The van der Waals surface area contributed by atoms with Crippen molar-refractivity contribution < 1.29 is 14.5 Å². The number of esters is 1. The number of hydrogen-bond donors (Lipinski definition) is 0. The molecule has 2 aromatic carbocycles. The third kappa shape index (κ3) is 3.58. The third-order valence-electron chi connectivity index (χ3n) is 2.93. The first-order valence-corrected chi connectivity index (χ1v) is 6.56. The van der Waals surface area contributed by atoms with Gasteiger partial charge in [-0.25, -0.2) is 4.79 Å². The summed E-state index contributed by atoms with van der Waals surface area (Å²) in [5.74, 6) is -0.570. The van der Waals surface area contributed by atoms with E-state index in [1.165, 1.54) is 12.1 Å². The first-order chi connectivity index (χ1) is 9.99. The van der Waals surface area contributed by atoms with Crippen LogP contribution in [0.15, 0.2) is 48.5 Å². The van der Waals surface area contributed by atoms with Crippen LogP contribution in [-0.4, -0.2) is 10.9 Å². The van der Waals surface area contributed by atoms with Gasteiger partial charge in [0.15, 0.2) is 0 Å². The number of nitro benzene ring substituents is 1. The molecular weight excluding hydrogens is 294 g/mol. The fraction of sp³-hybridized carbons (Fsp3) is 0.133. The van der Waals surface area contributed by atoms with Crippen LogP contribution in [0.5, 0.6) is 0 Å². The van der Waals surface area contributed by atoms with Gasteiger partial charge >= 0.3 is 5.97 Å². The maximum Gasteiger partial charge on any atom is 0.340 e. The van der Waals surface area contributed by atoms with Gasteiger partial charge in [0.2, 0.25) is 0 Å². The summed E-state index contributed by atoms with van der Waals surface area (Å²) < 4.78 is 5.29. The predicted molar refractivity (Wildman–Crippen MR) is 78.4 cm³/mol. The zero-order chi connectivity index (χ0) is 15.4. The molecule has 2 aromatic rings. The molecule has 0 aromatic heterocycles. The summed E-state index contributed by atoms with van der Waals surface area (Å²) >= 11 is 5.93. The normalized spacial score (nSPS) is 11.7. The highest BCUT2D eigenvalue weighted by Gasteiger charge is 2.17. The smallest absolute Gasteiger partial charge is 0.340 e. The van der Waals surface area contributed by atoms with E-state index in [9.17, 15) is 14.9 Å². The van der Waals surface area contributed by atoms with Crippen molar-refractivity contribution in [3.05, 3.63) is 74.8 Å². The molecule has 6 heteroatoms. The maximum atomic E-state index is 12.0. The lowest BCUT2D eigenvalue weighted by molar-refractivity contribution is -0.385. The molecule has 0 saturated heterocycles. The summed E-state index contributed by atoms with van der Waals surface area (Å²) in [7, 11) is 0. The molecule has 0 fully saturated rings. The third-order valence-corrected chi connectivity index (χ3v) is 3.26. The Morgan fingerprint density at radius 1 is 1.24 bits per heavy atom. The molecule has 0 spiro atoms. The quantitative estimate of drug-likeness (QED) is 0.483. The number of nitrogens with zero attached hydrogens (tertiary/aromatic N) is 1. The summed E-state index contributed by atoms with van der Waals surface area (Å²) in [6.45, 7) is 1.65. The van der Waals surface area contributed by atoms with Crippen molar-refractivity contribution in [3.8, 4) is 0 Å². The van der Waals surface area contributed by atoms with Crippen molar-refractivity contribution in [3.63, 3.8) is 0 Å². The minimum absolute atomic E-state index is 0.0480. The van der Waals surface area contributed by atoms with Crippen molar-refractivity contribution in [1.29, 1.82) is 0 Å². The number of ether oxygens (including phenoxy) is 1. The van der Waals surface area contributed by atoms with E-state index in [1.807, 2.05) is 0 Å². The lowest BCUT2D eigenvalue weighted by Crippen LogP contribution is -2.10. The van der Waals surface area contributed by atoms with Gasteiger partial charge in [0.05, 0.1) is 15.5 Å². The predicted octanol–water partition coefficient (Wildman–Crippen LogP) is 4.17. The minimum Gasteiger partial charge on any atom is -0.454 e. The molecule has 5 nitrogen and oxygen atoms in total. The fourth-order valence-electron chi connectivity index (χ4n) is 1.81. The van der Waals surface area contributed by atoms with Crippen LogP contribution in [0.1, 0.15) is 28.9 Å². The zero-order valence-corrected chi connectivity index (χ0v) is 11.9. The molecule has 0 bridgehead atoms. The van der Waals surface area contributed by atoms with Crippen LogP contribution < -0.4 is 0 Å². The number of rotatable bonds is 4. The second kappa shape index (κ2) is 6.37. The molecule has 0 aliphatic rings. The van der Waals surface area contributed by atoms with Gasteiger partial charge < -0.3 is 4.74 Å². The topological polar surface area (TPSA) is 69.4 Å². The number of halogens is 1. The lowest BCUT2D eigenvalue weighted by Gasteiger charge is -2.14. The molecule has 1 atom stereocenters. The van der Waals surface area contributed by atoms with Crippen molar-refractivity contribution in [2.75, 3.05) is 0 Å². The fourth-order valence-corrected chi connectivity index (χ4v) is 2.02. The molecule has 21 heavy (non-hydrogen) atoms. The van der Waals surface area contributed by atoms with E-state index in [4.69, 9.17) is 16.3 Å². The van der Waals surface area contributed by atoms with Crippen LogP contribution in [0.3, 0.4) is 0 Å². The Bertz CT molecular complexity index is 687. The van der Waals surface area contributed by atoms with E-state index in [0.717, 1.165) is 0 Å². The minimum atomic E-state index is -0.617. The Balaban J connectivity index is 2.16. The zero-order valence-electron chi connectivity index (χ0n) is 11.2. The van der Waals surface area contributed by atoms with Gasteiger partial charge in [0.25, 0.3) is 5.69 Å². The van der Waals surface area contributed by atoms with E-state index in [2.05, 4.69) is 0 Å². The summed E-state index contributed by atoms with van der Waals surface area (Å²) in [5.41, 5.74) is 0.759. The Labute approximate surface area is 126 Å². The molecule has 0 aliphatic carbocycles. The first-order valence-electron chi connectivity index (χ1n) is 6.19. The van der Waals surface area contributed by atoms with Crippen LogP contribution in [0.4, 0.5) is 5.69 Å². The SMILES string of the molecule is CC(OC(=O)c1ccccc1Cl)c1cccc([N+](=O)[O-])c1. The number of hydrogen-bond acceptors (Lipinski definition) is 4. The summed E-state index contributed by atoms with van der Waals surface area (Å²) in [5, 5.41) is 11.0.